The number of hydrogen-bond acceptors (Lipinski definition) is 3. The molecule has 2 N–H and O–H groups in total. The van der Waals surface area contributed by atoms with Crippen LogP contribution in [0.25, 0.3) is 0 Å². The Morgan fingerprint density at radius 1 is 1.05 bits per heavy atom. The second kappa shape index (κ2) is 5.37. The van der Waals surface area contributed by atoms with Gasteiger partial charge in [-0.1, -0.05) is 30.3 Å². The Balaban J connectivity index is 1.83. The van der Waals surface area contributed by atoms with Gasteiger partial charge in [-0.25, -0.2) is 0 Å². The summed E-state index contributed by atoms with van der Waals surface area (Å²) in [6.07, 6.45) is 2.35. The molecule has 3 nitrogen and oxygen atoms in total. The average molecular weight is 267 g/mol. The Kier molecular flexibility index (Phi) is 3.42. The van der Waals surface area contributed by atoms with Crippen LogP contribution in [0.3, 0.4) is 0 Å². The van der Waals surface area contributed by atoms with Crippen LogP contribution in [0.4, 0.5) is 5.69 Å². The van der Waals surface area contributed by atoms with Crippen LogP contribution in [0.1, 0.15) is 34.3 Å². The highest BCUT2D eigenvalue weighted by Gasteiger charge is 2.21. The molecular formula is C17H17NO2. The zero-order valence-electron chi connectivity index (χ0n) is 11.3. The van der Waals surface area contributed by atoms with Crippen LogP contribution in [0.15, 0.2) is 42.5 Å². The van der Waals surface area contributed by atoms with E-state index in [2.05, 4.69) is 0 Å². The van der Waals surface area contributed by atoms with E-state index in [4.69, 9.17) is 10.5 Å². The number of hydrogen-bond donors (Lipinski definition) is 1. The molecule has 20 heavy (non-hydrogen) atoms. The third-order valence-electron chi connectivity index (χ3n) is 3.69. The maximum Gasteiger partial charge on any atom is 0.163 e. The minimum Gasteiger partial charge on any atom is -0.487 e. The summed E-state index contributed by atoms with van der Waals surface area (Å²) in [5, 5.41) is 0. The molecule has 0 saturated heterocycles. The molecule has 1 aliphatic rings. The zero-order valence-corrected chi connectivity index (χ0v) is 11.3. The number of anilines is 1. The van der Waals surface area contributed by atoms with Crippen LogP contribution < -0.4 is 10.5 Å². The van der Waals surface area contributed by atoms with Crippen LogP contribution in [-0.4, -0.2) is 5.78 Å². The predicted molar refractivity (Wildman–Crippen MR) is 78.9 cm³/mol. The molecule has 2 aromatic rings. The van der Waals surface area contributed by atoms with E-state index in [0.29, 0.717) is 24.5 Å². The van der Waals surface area contributed by atoms with Gasteiger partial charge in [0.25, 0.3) is 0 Å². The van der Waals surface area contributed by atoms with Crippen molar-refractivity contribution < 1.29 is 9.53 Å². The fraction of sp³-hybridized carbons (Fsp3) is 0.235. The maximum atomic E-state index is 11.8. The molecule has 3 rings (SSSR count). The highest BCUT2D eigenvalue weighted by molar-refractivity contribution is 6.00. The number of fused-ring (bicyclic) bond motifs is 1. The molecule has 0 bridgehead atoms. The topological polar surface area (TPSA) is 52.3 Å². The summed E-state index contributed by atoms with van der Waals surface area (Å²) < 4.78 is 5.79. The first-order chi connectivity index (χ1) is 9.75. The molecule has 0 radical (unpaired) electrons. The third kappa shape index (κ3) is 2.39. The van der Waals surface area contributed by atoms with Crippen molar-refractivity contribution in [3.8, 4) is 5.75 Å². The molecule has 0 amide bonds. The van der Waals surface area contributed by atoms with E-state index in [1.54, 1.807) is 6.07 Å². The minimum absolute atomic E-state index is 0.188. The maximum absolute atomic E-state index is 11.8. The van der Waals surface area contributed by atoms with Gasteiger partial charge >= 0.3 is 0 Å². The summed E-state index contributed by atoms with van der Waals surface area (Å²) in [6, 6.07) is 13.6. The number of benzene rings is 2. The molecule has 0 atom stereocenters. The summed E-state index contributed by atoms with van der Waals surface area (Å²) in [7, 11) is 0. The standard InChI is InChI=1S/C17H17NO2/c18-17-14-7-4-8-15(19)13(14)9-10-16(17)20-11-12-5-2-1-3-6-12/h1-3,5-6,9-10H,4,7-8,11,18H2. The summed E-state index contributed by atoms with van der Waals surface area (Å²) in [6.45, 7) is 0.484. The molecule has 2 aromatic carbocycles. The van der Waals surface area contributed by atoms with Gasteiger partial charge in [0, 0.05) is 12.0 Å². The molecule has 0 heterocycles. The number of carbonyl (C=O) groups excluding carboxylic acids is 1. The van der Waals surface area contributed by atoms with E-state index >= 15 is 0 Å². The van der Waals surface area contributed by atoms with Crippen molar-refractivity contribution in [1.82, 2.24) is 0 Å². The van der Waals surface area contributed by atoms with Crippen molar-refractivity contribution in [2.45, 2.75) is 25.9 Å². The fourth-order valence-electron chi connectivity index (χ4n) is 2.60. The van der Waals surface area contributed by atoms with E-state index in [0.717, 1.165) is 29.5 Å². The normalized spacial score (nSPS) is 13.9. The lowest BCUT2D eigenvalue weighted by Crippen LogP contribution is -2.13. The van der Waals surface area contributed by atoms with E-state index in [9.17, 15) is 4.79 Å². The van der Waals surface area contributed by atoms with E-state index in [1.165, 1.54) is 0 Å². The van der Waals surface area contributed by atoms with Crippen molar-refractivity contribution in [2.75, 3.05) is 5.73 Å². The lowest BCUT2D eigenvalue weighted by Gasteiger charge is -2.19. The van der Waals surface area contributed by atoms with Gasteiger partial charge in [0.2, 0.25) is 0 Å². The molecule has 1 aliphatic carbocycles. The number of nitrogens with two attached hydrogens (primary N) is 1. The van der Waals surface area contributed by atoms with Crippen LogP contribution in [-0.2, 0) is 13.0 Å². The Bertz CT molecular complexity index is 635. The molecule has 102 valence electrons. The van der Waals surface area contributed by atoms with Crippen molar-refractivity contribution in [1.29, 1.82) is 0 Å². The average Bonchev–Trinajstić information content (AvgIpc) is 2.48. The second-order valence-electron chi connectivity index (χ2n) is 5.05. The summed E-state index contributed by atoms with van der Waals surface area (Å²) in [4.78, 5) is 11.8. The summed E-state index contributed by atoms with van der Waals surface area (Å²) in [5.41, 5.74) is 9.58. The highest BCUT2D eigenvalue weighted by atomic mass is 16.5. The molecule has 0 saturated carbocycles. The number of rotatable bonds is 3. The third-order valence-corrected chi connectivity index (χ3v) is 3.69. The van der Waals surface area contributed by atoms with Gasteiger partial charge in [0.15, 0.2) is 5.78 Å². The van der Waals surface area contributed by atoms with Gasteiger partial charge in [-0.05, 0) is 36.1 Å². The zero-order chi connectivity index (χ0) is 13.9. The molecule has 0 aliphatic heterocycles. The minimum atomic E-state index is 0.188. The molecule has 0 spiro atoms. The number of nitrogen functional groups attached to an aromatic ring is 1. The van der Waals surface area contributed by atoms with Gasteiger partial charge in [-0.3, -0.25) is 4.79 Å². The molecular weight excluding hydrogens is 250 g/mol. The van der Waals surface area contributed by atoms with Crippen LogP contribution >= 0.6 is 0 Å². The lowest BCUT2D eigenvalue weighted by molar-refractivity contribution is 0.0972. The fourth-order valence-corrected chi connectivity index (χ4v) is 2.60. The largest absolute Gasteiger partial charge is 0.487 e. The smallest absolute Gasteiger partial charge is 0.163 e. The second-order valence-corrected chi connectivity index (χ2v) is 5.05. The molecule has 0 unspecified atom stereocenters. The Morgan fingerprint density at radius 2 is 1.85 bits per heavy atom. The van der Waals surface area contributed by atoms with E-state index < -0.39 is 0 Å². The predicted octanol–water partition coefficient (Wildman–Crippen LogP) is 3.37. The number of ketones is 1. The first-order valence-corrected chi connectivity index (χ1v) is 6.87. The first kappa shape index (κ1) is 12.7. The van der Waals surface area contributed by atoms with Crippen molar-refractivity contribution in [3.63, 3.8) is 0 Å². The Labute approximate surface area is 118 Å². The summed E-state index contributed by atoms with van der Waals surface area (Å²) >= 11 is 0. The number of ether oxygens (including phenoxy) is 1. The van der Waals surface area contributed by atoms with Crippen molar-refractivity contribution >= 4 is 11.5 Å². The van der Waals surface area contributed by atoms with Crippen molar-refractivity contribution in [2.24, 2.45) is 0 Å². The van der Waals surface area contributed by atoms with Gasteiger partial charge < -0.3 is 10.5 Å². The number of carbonyl (C=O) groups is 1. The first-order valence-electron chi connectivity index (χ1n) is 6.87. The Morgan fingerprint density at radius 3 is 2.65 bits per heavy atom. The summed E-state index contributed by atoms with van der Waals surface area (Å²) in [5.74, 6) is 0.856. The monoisotopic (exact) mass is 267 g/mol. The van der Waals surface area contributed by atoms with Gasteiger partial charge in [-0.2, -0.15) is 0 Å². The van der Waals surface area contributed by atoms with Gasteiger partial charge in [0.05, 0.1) is 5.69 Å². The van der Waals surface area contributed by atoms with E-state index in [1.807, 2.05) is 36.4 Å². The van der Waals surface area contributed by atoms with Crippen molar-refractivity contribution in [3.05, 3.63) is 59.2 Å². The lowest BCUT2D eigenvalue weighted by atomic mass is 9.89. The molecule has 0 fully saturated rings. The van der Waals surface area contributed by atoms with Gasteiger partial charge in [0.1, 0.15) is 12.4 Å². The van der Waals surface area contributed by atoms with Gasteiger partial charge in [-0.15, -0.1) is 0 Å². The number of Topliss-reactive ketones (excluding diaryl/α,β-unsaturated/α-hetero) is 1. The van der Waals surface area contributed by atoms with Crippen LogP contribution in [0.2, 0.25) is 0 Å². The highest BCUT2D eigenvalue weighted by Crippen LogP contribution is 2.33. The van der Waals surface area contributed by atoms with E-state index in [-0.39, 0.29) is 5.78 Å². The van der Waals surface area contributed by atoms with Crippen LogP contribution in [0.5, 0.6) is 5.75 Å². The SMILES string of the molecule is Nc1c(OCc2ccccc2)ccc2c1CCCC2=O. The molecule has 0 aromatic heterocycles. The molecule has 3 heteroatoms. The van der Waals surface area contributed by atoms with Crippen LogP contribution in [0, 0.1) is 0 Å². The Hall–Kier alpha value is -2.29. The quantitative estimate of drug-likeness (QED) is 0.867.